The van der Waals surface area contributed by atoms with E-state index in [4.69, 9.17) is 9.47 Å². The molecule has 0 unspecified atom stereocenters. The summed E-state index contributed by atoms with van der Waals surface area (Å²) in [4.78, 5) is 28.8. The molecule has 0 radical (unpaired) electrons. The molecule has 26 heavy (non-hydrogen) atoms. The van der Waals surface area contributed by atoms with Crippen LogP contribution in [0.15, 0.2) is 23.1 Å². The maximum atomic E-state index is 12.6. The minimum atomic E-state index is -0.228. The van der Waals surface area contributed by atoms with Gasteiger partial charge in [-0.05, 0) is 43.3 Å². The van der Waals surface area contributed by atoms with Crippen molar-refractivity contribution in [3.8, 4) is 5.75 Å². The second-order valence-electron chi connectivity index (χ2n) is 6.33. The van der Waals surface area contributed by atoms with Gasteiger partial charge in [-0.2, -0.15) is 0 Å². The average molecular weight is 376 g/mol. The summed E-state index contributed by atoms with van der Waals surface area (Å²) in [6.07, 6.45) is 2.48. The van der Waals surface area contributed by atoms with Crippen molar-refractivity contribution in [3.05, 3.63) is 28.7 Å². The molecule has 0 saturated carbocycles. The number of benzene rings is 1. The standard InChI is InChI=1S/C19H24N2O4S/c1-4-13(2)21-18(22)17(26-19(21)23)11-14-5-6-15(12-16(14)24-3)20-7-9-25-10-8-20/h5-6,11-13H,4,7-10H2,1-3H3/b17-11+/t13-/m0/s1. The summed E-state index contributed by atoms with van der Waals surface area (Å²) in [5.41, 5.74) is 1.86. The molecule has 1 aromatic carbocycles. The second kappa shape index (κ2) is 8.14. The molecule has 0 bridgehead atoms. The van der Waals surface area contributed by atoms with E-state index in [1.807, 2.05) is 32.0 Å². The summed E-state index contributed by atoms with van der Waals surface area (Å²) in [6, 6.07) is 5.81. The molecule has 2 fully saturated rings. The number of anilines is 1. The molecule has 2 heterocycles. The summed E-state index contributed by atoms with van der Waals surface area (Å²) < 4.78 is 10.9. The molecule has 1 atom stereocenters. The molecule has 0 aliphatic carbocycles. The number of carbonyl (C=O) groups excluding carboxylic acids is 2. The van der Waals surface area contributed by atoms with E-state index in [9.17, 15) is 9.59 Å². The highest BCUT2D eigenvalue weighted by Crippen LogP contribution is 2.36. The van der Waals surface area contributed by atoms with Gasteiger partial charge >= 0.3 is 0 Å². The fraction of sp³-hybridized carbons (Fsp3) is 0.474. The van der Waals surface area contributed by atoms with Crippen molar-refractivity contribution in [2.24, 2.45) is 0 Å². The Labute approximate surface area is 158 Å². The first-order chi connectivity index (χ1) is 12.5. The van der Waals surface area contributed by atoms with Gasteiger partial charge in [0.05, 0.1) is 25.2 Å². The molecule has 2 aliphatic heterocycles. The minimum Gasteiger partial charge on any atom is -0.496 e. The lowest BCUT2D eigenvalue weighted by atomic mass is 10.1. The third-order valence-electron chi connectivity index (χ3n) is 4.74. The number of morpholine rings is 1. The van der Waals surface area contributed by atoms with Crippen LogP contribution in [-0.2, 0) is 9.53 Å². The Kier molecular flexibility index (Phi) is 5.88. The zero-order valence-electron chi connectivity index (χ0n) is 15.4. The number of hydrogen-bond acceptors (Lipinski definition) is 6. The highest BCUT2D eigenvalue weighted by Gasteiger charge is 2.37. The lowest BCUT2D eigenvalue weighted by molar-refractivity contribution is -0.124. The SMILES string of the molecule is CC[C@H](C)N1C(=O)S/C(=C/c2ccc(N3CCOCC3)cc2OC)C1=O. The van der Waals surface area contributed by atoms with Crippen LogP contribution < -0.4 is 9.64 Å². The van der Waals surface area contributed by atoms with Gasteiger partial charge in [0.25, 0.3) is 11.1 Å². The van der Waals surface area contributed by atoms with Crippen molar-refractivity contribution in [1.82, 2.24) is 4.90 Å². The number of amides is 2. The quantitative estimate of drug-likeness (QED) is 0.735. The van der Waals surface area contributed by atoms with E-state index in [-0.39, 0.29) is 17.2 Å². The van der Waals surface area contributed by atoms with Crippen LogP contribution in [0.3, 0.4) is 0 Å². The Bertz CT molecular complexity index is 728. The van der Waals surface area contributed by atoms with Gasteiger partial charge in [0, 0.05) is 36.4 Å². The number of thioether (sulfide) groups is 1. The Morgan fingerprint density at radius 1 is 1.31 bits per heavy atom. The van der Waals surface area contributed by atoms with Crippen molar-refractivity contribution in [2.75, 3.05) is 38.3 Å². The lowest BCUT2D eigenvalue weighted by Gasteiger charge is -2.29. The summed E-state index contributed by atoms with van der Waals surface area (Å²) in [6.45, 7) is 6.97. The highest BCUT2D eigenvalue weighted by molar-refractivity contribution is 8.18. The largest absolute Gasteiger partial charge is 0.496 e. The molecular formula is C19H24N2O4S. The van der Waals surface area contributed by atoms with Crippen molar-refractivity contribution in [1.29, 1.82) is 0 Å². The van der Waals surface area contributed by atoms with Crippen LogP contribution in [0.25, 0.3) is 6.08 Å². The molecule has 6 nitrogen and oxygen atoms in total. The number of hydrogen-bond donors (Lipinski definition) is 0. The predicted octanol–water partition coefficient (Wildman–Crippen LogP) is 3.37. The Hall–Kier alpha value is -1.99. The van der Waals surface area contributed by atoms with Crippen LogP contribution >= 0.6 is 11.8 Å². The predicted molar refractivity (Wildman–Crippen MR) is 104 cm³/mol. The lowest BCUT2D eigenvalue weighted by Crippen LogP contribution is -2.36. The molecule has 3 rings (SSSR count). The molecule has 0 spiro atoms. The molecule has 2 aliphatic rings. The zero-order chi connectivity index (χ0) is 18.7. The minimum absolute atomic E-state index is 0.0982. The van der Waals surface area contributed by atoms with E-state index in [1.54, 1.807) is 13.2 Å². The summed E-state index contributed by atoms with van der Waals surface area (Å²) >= 11 is 0.988. The number of imide groups is 1. The number of rotatable bonds is 5. The molecule has 2 saturated heterocycles. The van der Waals surface area contributed by atoms with Crippen molar-refractivity contribution < 1.29 is 19.1 Å². The first-order valence-electron chi connectivity index (χ1n) is 8.83. The van der Waals surface area contributed by atoms with Gasteiger partial charge in [-0.3, -0.25) is 14.5 Å². The van der Waals surface area contributed by atoms with Gasteiger partial charge in [-0.1, -0.05) is 6.92 Å². The fourth-order valence-electron chi connectivity index (χ4n) is 3.02. The van der Waals surface area contributed by atoms with Gasteiger partial charge in [0.15, 0.2) is 0 Å². The van der Waals surface area contributed by atoms with E-state index in [0.29, 0.717) is 23.9 Å². The van der Waals surface area contributed by atoms with Crippen molar-refractivity contribution in [2.45, 2.75) is 26.3 Å². The molecule has 2 amide bonds. The van der Waals surface area contributed by atoms with Gasteiger partial charge in [0.2, 0.25) is 0 Å². The molecule has 0 aromatic heterocycles. The first kappa shape index (κ1) is 18.8. The van der Waals surface area contributed by atoms with Gasteiger partial charge < -0.3 is 14.4 Å². The van der Waals surface area contributed by atoms with Crippen LogP contribution in [0.4, 0.5) is 10.5 Å². The summed E-state index contributed by atoms with van der Waals surface area (Å²) in [5.74, 6) is 0.456. The Morgan fingerprint density at radius 3 is 2.69 bits per heavy atom. The molecule has 1 aromatic rings. The van der Waals surface area contributed by atoms with Crippen LogP contribution in [0.1, 0.15) is 25.8 Å². The van der Waals surface area contributed by atoms with Crippen LogP contribution in [0.5, 0.6) is 5.75 Å². The van der Waals surface area contributed by atoms with E-state index < -0.39 is 0 Å². The second-order valence-corrected chi connectivity index (χ2v) is 7.33. The normalized spacial score (nSPS) is 20.8. The Balaban J connectivity index is 1.86. The smallest absolute Gasteiger partial charge is 0.293 e. The molecule has 0 N–H and O–H groups in total. The van der Waals surface area contributed by atoms with E-state index in [2.05, 4.69) is 4.90 Å². The Morgan fingerprint density at radius 2 is 2.04 bits per heavy atom. The van der Waals surface area contributed by atoms with Gasteiger partial charge in [0.1, 0.15) is 5.75 Å². The maximum Gasteiger partial charge on any atom is 0.293 e. The van der Waals surface area contributed by atoms with Crippen LogP contribution in [0.2, 0.25) is 0 Å². The third-order valence-corrected chi connectivity index (χ3v) is 5.62. The van der Waals surface area contributed by atoms with Gasteiger partial charge in [-0.15, -0.1) is 0 Å². The molecule has 7 heteroatoms. The molecular weight excluding hydrogens is 352 g/mol. The van der Waals surface area contributed by atoms with Gasteiger partial charge in [-0.25, -0.2) is 0 Å². The first-order valence-corrected chi connectivity index (χ1v) is 9.64. The number of methoxy groups -OCH3 is 1. The van der Waals surface area contributed by atoms with E-state index in [0.717, 1.165) is 42.5 Å². The van der Waals surface area contributed by atoms with E-state index in [1.165, 1.54) is 4.90 Å². The average Bonchev–Trinajstić information content (AvgIpc) is 2.95. The van der Waals surface area contributed by atoms with Crippen LogP contribution in [0, 0.1) is 0 Å². The number of nitrogens with zero attached hydrogens (tertiary/aromatic N) is 2. The monoisotopic (exact) mass is 376 g/mol. The van der Waals surface area contributed by atoms with Crippen molar-refractivity contribution in [3.63, 3.8) is 0 Å². The van der Waals surface area contributed by atoms with E-state index >= 15 is 0 Å². The van der Waals surface area contributed by atoms with Crippen LogP contribution in [-0.4, -0.2) is 55.5 Å². The molecule has 140 valence electrons. The number of carbonyl (C=O) groups is 2. The highest BCUT2D eigenvalue weighted by atomic mass is 32.2. The van der Waals surface area contributed by atoms with Crippen molar-refractivity contribution >= 4 is 34.7 Å². The summed E-state index contributed by atoms with van der Waals surface area (Å²) in [5, 5.41) is -0.209. The fourth-order valence-corrected chi connectivity index (χ4v) is 3.94. The topological polar surface area (TPSA) is 59.1 Å². The third kappa shape index (κ3) is 3.73. The zero-order valence-corrected chi connectivity index (χ0v) is 16.2. The number of ether oxygens (including phenoxy) is 2. The maximum absolute atomic E-state index is 12.6. The summed E-state index contributed by atoms with van der Waals surface area (Å²) in [7, 11) is 1.61.